The molecule has 15 heteroatoms. The van der Waals surface area contributed by atoms with E-state index < -0.39 is 49.8 Å². The molecule has 1 aromatic heterocycles. The number of methoxy groups -OCH3 is 2. The van der Waals surface area contributed by atoms with Crippen LogP contribution in [-0.2, 0) is 22.0 Å². The van der Waals surface area contributed by atoms with Gasteiger partial charge in [0, 0.05) is 34.9 Å². The van der Waals surface area contributed by atoms with Crippen molar-refractivity contribution in [2.75, 3.05) is 50.8 Å². The Balaban J connectivity index is 2.83. The van der Waals surface area contributed by atoms with Crippen LogP contribution < -0.4 is 14.2 Å². The summed E-state index contributed by atoms with van der Waals surface area (Å²) in [4.78, 5) is 5.08. The van der Waals surface area contributed by atoms with Crippen LogP contribution in [0.1, 0.15) is 59.7 Å². The van der Waals surface area contributed by atoms with E-state index in [1.54, 1.807) is 31.2 Å². The van der Waals surface area contributed by atoms with E-state index in [0.29, 0.717) is 26.6 Å². The molecule has 0 amide bonds. The van der Waals surface area contributed by atoms with E-state index in [4.69, 9.17) is 9.47 Å². The Hall–Kier alpha value is -1.26. The Bertz CT molecular complexity index is 1420. The zero-order valence-corrected chi connectivity index (χ0v) is 31.8. The number of ether oxygens (including phenoxy) is 2. The maximum atomic E-state index is 16.8. The van der Waals surface area contributed by atoms with Crippen molar-refractivity contribution in [1.82, 2.24) is 14.0 Å². The Morgan fingerprint density at radius 2 is 1.64 bits per heavy atom. The van der Waals surface area contributed by atoms with Crippen molar-refractivity contribution in [1.29, 1.82) is 0 Å². The second-order valence-corrected chi connectivity index (χ2v) is 20.9. The first kappa shape index (κ1) is 39.9. The molecule has 0 radical (unpaired) electrons. The van der Waals surface area contributed by atoms with E-state index in [1.807, 2.05) is 41.5 Å². The van der Waals surface area contributed by atoms with Crippen LogP contribution in [0.3, 0.4) is 0 Å². The minimum absolute atomic E-state index is 0.0267. The molecule has 0 saturated carbocycles. The molecule has 1 heterocycles. The molecule has 2 atom stereocenters. The number of hydrogen-bond donors (Lipinski definition) is 1. The van der Waals surface area contributed by atoms with Crippen molar-refractivity contribution < 1.29 is 31.2 Å². The van der Waals surface area contributed by atoms with E-state index in [1.165, 1.54) is 37.5 Å². The summed E-state index contributed by atoms with van der Waals surface area (Å²) in [5.41, 5.74) is -0.974. The number of alkyl halides is 3. The molecule has 2 rings (SSSR count). The second kappa shape index (κ2) is 15.8. The molecule has 1 N–H and O–H groups in total. The lowest BCUT2D eigenvalue weighted by Gasteiger charge is -2.40. The number of hydrogen-bond acceptors (Lipinski definition) is 7. The molecule has 1 unspecified atom stereocenters. The molecule has 0 bridgehead atoms. The van der Waals surface area contributed by atoms with Gasteiger partial charge in [-0.1, -0.05) is 38.8 Å². The third kappa shape index (κ3) is 10.4. The number of nitrogens with one attached hydrogen (secondary N) is 1. The molecule has 0 saturated heterocycles. The lowest BCUT2D eigenvalue weighted by molar-refractivity contribution is -0.117. The van der Waals surface area contributed by atoms with Gasteiger partial charge in [0.2, 0.25) is 0 Å². The highest BCUT2D eigenvalue weighted by atomic mass is 79.9. The molecular weight excluding hydrogens is 716 g/mol. The van der Waals surface area contributed by atoms with Crippen LogP contribution in [0.2, 0.25) is 0 Å². The molecule has 2 aromatic rings. The third-order valence-electron chi connectivity index (χ3n) is 7.42. The maximum Gasteiger partial charge on any atom is 0.408 e. The number of halogens is 5. The Labute approximate surface area is 280 Å². The van der Waals surface area contributed by atoms with E-state index in [9.17, 15) is 17.4 Å². The van der Waals surface area contributed by atoms with Crippen LogP contribution >= 0.6 is 37.9 Å². The standard InChI is InChI=1S/C30H47BrF4N4O3S3/c1-11-44(12-2,13-3)24-17-25(31)37-27(26(24)32)29(7,38-43-28(4,5)6)20-45(40,36-19-30(33,34)35)39(8)18-21-14-15-22(41-9)16-23(21)42-10/h14-17,38H,11-13,18-20H2,1-10H3/t29-,45?/m0/s1. The van der Waals surface area contributed by atoms with Crippen molar-refractivity contribution >= 4 is 47.8 Å². The summed E-state index contributed by atoms with van der Waals surface area (Å²) in [6.45, 7) is 11.9. The number of pyridine rings is 1. The zero-order chi connectivity index (χ0) is 34.4. The normalized spacial score (nSPS) is 15.8. The van der Waals surface area contributed by atoms with Gasteiger partial charge in [0.15, 0.2) is 5.82 Å². The molecule has 1 aromatic carbocycles. The summed E-state index contributed by atoms with van der Waals surface area (Å²) in [5.74, 6) is 2.15. The van der Waals surface area contributed by atoms with E-state index in [-0.39, 0.29) is 17.0 Å². The average molecular weight is 764 g/mol. The van der Waals surface area contributed by atoms with Crippen LogP contribution in [0.5, 0.6) is 11.5 Å². The first-order valence-corrected chi connectivity index (χ1v) is 19.9. The minimum atomic E-state index is -4.70. The molecule has 258 valence electrons. The summed E-state index contributed by atoms with van der Waals surface area (Å²) in [6.07, 6.45) is -4.70. The van der Waals surface area contributed by atoms with Crippen LogP contribution in [0.25, 0.3) is 0 Å². The highest BCUT2D eigenvalue weighted by Gasteiger charge is 2.41. The number of nitrogens with zero attached hydrogens (tertiary/aromatic N) is 3. The second-order valence-electron chi connectivity index (χ2n) is 11.8. The van der Waals surface area contributed by atoms with Gasteiger partial charge in [-0.3, -0.25) is 4.72 Å². The molecule has 0 aliphatic rings. The molecule has 0 aliphatic carbocycles. The van der Waals surface area contributed by atoms with Crippen LogP contribution in [0, 0.1) is 5.82 Å². The maximum absolute atomic E-state index is 16.8. The van der Waals surface area contributed by atoms with Gasteiger partial charge in [0.05, 0.1) is 25.5 Å². The lowest BCUT2D eigenvalue weighted by Crippen LogP contribution is -2.48. The molecule has 7 nitrogen and oxygen atoms in total. The SMILES string of the molecule is CCS(CC)(CC)c1cc(Br)nc([C@](C)(CS(=O)(=NCC(F)(F)F)N(C)Cc2ccc(OC)cc2OC)NSC(C)(C)C)c1F. The van der Waals surface area contributed by atoms with Gasteiger partial charge in [-0.05, 0) is 73.0 Å². The van der Waals surface area contributed by atoms with Crippen molar-refractivity contribution in [2.24, 2.45) is 4.36 Å². The summed E-state index contributed by atoms with van der Waals surface area (Å²) in [6, 6.07) is 6.71. The van der Waals surface area contributed by atoms with Crippen molar-refractivity contribution in [2.45, 2.75) is 76.4 Å². The highest BCUT2D eigenvalue weighted by Crippen LogP contribution is 2.57. The van der Waals surface area contributed by atoms with Crippen molar-refractivity contribution in [3.63, 3.8) is 0 Å². The van der Waals surface area contributed by atoms with Crippen LogP contribution in [-0.4, -0.2) is 75.2 Å². The van der Waals surface area contributed by atoms with Crippen LogP contribution in [0.4, 0.5) is 17.6 Å². The van der Waals surface area contributed by atoms with Crippen molar-refractivity contribution in [3.05, 3.63) is 45.9 Å². The van der Waals surface area contributed by atoms with Gasteiger partial charge >= 0.3 is 6.18 Å². The fraction of sp³-hybridized carbons (Fsp3) is 0.633. The monoisotopic (exact) mass is 762 g/mol. The average Bonchev–Trinajstić information content (AvgIpc) is 2.97. The summed E-state index contributed by atoms with van der Waals surface area (Å²) >= 11 is 4.73. The molecule has 0 fully saturated rings. The lowest BCUT2D eigenvalue weighted by atomic mass is 10.0. The van der Waals surface area contributed by atoms with Gasteiger partial charge in [-0.25, -0.2) is 32.3 Å². The van der Waals surface area contributed by atoms with E-state index >= 15 is 4.39 Å². The summed E-state index contributed by atoms with van der Waals surface area (Å²) in [7, 11) is -1.02. The first-order chi connectivity index (χ1) is 20.7. The van der Waals surface area contributed by atoms with Crippen molar-refractivity contribution in [3.8, 4) is 11.5 Å². The zero-order valence-electron chi connectivity index (χ0n) is 27.7. The number of rotatable bonds is 15. The quantitative estimate of drug-likeness (QED) is 0.111. The predicted octanol–water partition coefficient (Wildman–Crippen LogP) is 8.55. The van der Waals surface area contributed by atoms with Crippen LogP contribution in [0.15, 0.2) is 38.1 Å². The number of aromatic nitrogens is 1. The van der Waals surface area contributed by atoms with Gasteiger partial charge < -0.3 is 9.47 Å². The van der Waals surface area contributed by atoms with Gasteiger partial charge in [0.25, 0.3) is 0 Å². The van der Waals surface area contributed by atoms with E-state index in [2.05, 4.69) is 30.0 Å². The third-order valence-corrected chi connectivity index (χ3v) is 16.1. The molecule has 0 spiro atoms. The van der Waals surface area contributed by atoms with E-state index in [0.717, 1.165) is 17.3 Å². The topological polar surface area (TPSA) is 76.1 Å². The molecular formula is C30H47BrF4N4O3S3. The minimum Gasteiger partial charge on any atom is -0.497 e. The van der Waals surface area contributed by atoms with Gasteiger partial charge in [0.1, 0.15) is 38.3 Å². The molecule has 45 heavy (non-hydrogen) atoms. The predicted molar refractivity (Wildman–Crippen MR) is 185 cm³/mol. The molecule has 0 aliphatic heterocycles. The fourth-order valence-electron chi connectivity index (χ4n) is 4.78. The Morgan fingerprint density at radius 3 is 2.13 bits per heavy atom. The fourth-order valence-corrected chi connectivity index (χ4v) is 11.3. The number of benzene rings is 1. The van der Waals surface area contributed by atoms with Gasteiger partial charge in [-0.15, -0.1) is 0 Å². The Kier molecular flexibility index (Phi) is 14.0. The summed E-state index contributed by atoms with van der Waals surface area (Å²) < 4.78 is 91.5. The largest absolute Gasteiger partial charge is 0.497 e. The van der Waals surface area contributed by atoms with Gasteiger partial charge in [-0.2, -0.15) is 13.2 Å². The highest BCUT2D eigenvalue weighted by molar-refractivity contribution is 9.10. The first-order valence-electron chi connectivity index (χ1n) is 14.5. The smallest absolute Gasteiger partial charge is 0.408 e. The summed E-state index contributed by atoms with van der Waals surface area (Å²) in [5, 5.41) is 0. The Morgan fingerprint density at radius 1 is 1.04 bits per heavy atom.